The smallest absolute Gasteiger partial charge is 0.304 e. The molecular formula is C27H31F2N3O6S. The zero-order valence-corrected chi connectivity index (χ0v) is 22.6. The SMILES string of the molecule is COc1cc2sc(CNC(=O)C3(CC(=O)O)Cc4cc(F)c(F)cc4C3)nc2cc1OCCCN(C)CCO. The van der Waals surface area contributed by atoms with E-state index < -0.39 is 35.3 Å². The molecule has 0 bridgehead atoms. The number of carbonyl (C=O) groups excluding carboxylic acids is 1. The van der Waals surface area contributed by atoms with Crippen LogP contribution in [0.15, 0.2) is 24.3 Å². The van der Waals surface area contributed by atoms with E-state index in [4.69, 9.17) is 14.6 Å². The van der Waals surface area contributed by atoms with Crippen LogP contribution in [0, 0.1) is 17.0 Å². The van der Waals surface area contributed by atoms with Gasteiger partial charge in [0.2, 0.25) is 5.91 Å². The van der Waals surface area contributed by atoms with Crippen LogP contribution in [0.5, 0.6) is 11.5 Å². The van der Waals surface area contributed by atoms with Gasteiger partial charge in [-0.15, -0.1) is 11.3 Å². The Kier molecular flexibility index (Phi) is 8.98. The first-order valence-electron chi connectivity index (χ1n) is 12.5. The van der Waals surface area contributed by atoms with Gasteiger partial charge in [0.1, 0.15) is 5.01 Å². The number of aliphatic hydroxyl groups excluding tert-OH is 1. The predicted octanol–water partition coefficient (Wildman–Crippen LogP) is 3.15. The molecule has 3 aromatic rings. The van der Waals surface area contributed by atoms with E-state index in [1.807, 2.05) is 18.0 Å². The van der Waals surface area contributed by atoms with E-state index in [2.05, 4.69) is 10.3 Å². The van der Waals surface area contributed by atoms with Gasteiger partial charge in [0, 0.05) is 25.2 Å². The number of aromatic nitrogens is 1. The summed E-state index contributed by atoms with van der Waals surface area (Å²) in [4.78, 5) is 31.5. The van der Waals surface area contributed by atoms with Crippen molar-refractivity contribution in [2.24, 2.45) is 5.41 Å². The van der Waals surface area contributed by atoms with Crippen LogP contribution in [0.4, 0.5) is 8.78 Å². The third-order valence-electron chi connectivity index (χ3n) is 6.81. The van der Waals surface area contributed by atoms with Gasteiger partial charge < -0.3 is 29.9 Å². The summed E-state index contributed by atoms with van der Waals surface area (Å²) in [5.41, 5.74) is 0.187. The number of thiazole rings is 1. The molecule has 2 aromatic carbocycles. The van der Waals surface area contributed by atoms with Gasteiger partial charge in [-0.05, 0) is 49.6 Å². The van der Waals surface area contributed by atoms with E-state index >= 15 is 0 Å². The second kappa shape index (κ2) is 12.2. The number of carboxylic acids is 1. The molecule has 1 amide bonds. The Morgan fingerprint density at radius 3 is 2.44 bits per heavy atom. The third-order valence-corrected chi connectivity index (χ3v) is 7.83. The average molecular weight is 564 g/mol. The fraction of sp³-hybridized carbons (Fsp3) is 0.444. The minimum absolute atomic E-state index is 0.00516. The summed E-state index contributed by atoms with van der Waals surface area (Å²) in [6, 6.07) is 5.66. The molecule has 1 aliphatic carbocycles. The quantitative estimate of drug-likeness (QED) is 0.271. The Morgan fingerprint density at radius 1 is 1.13 bits per heavy atom. The van der Waals surface area contributed by atoms with Gasteiger partial charge in [0.05, 0.1) is 48.9 Å². The summed E-state index contributed by atoms with van der Waals surface area (Å²) in [5.74, 6) is -2.63. The van der Waals surface area contributed by atoms with Crippen molar-refractivity contribution in [3.63, 3.8) is 0 Å². The van der Waals surface area contributed by atoms with E-state index in [0.29, 0.717) is 46.3 Å². The lowest BCUT2D eigenvalue weighted by atomic mass is 9.80. The number of nitrogens with one attached hydrogen (secondary N) is 1. The lowest BCUT2D eigenvalue weighted by molar-refractivity contribution is -0.145. The fourth-order valence-electron chi connectivity index (χ4n) is 4.88. The number of aliphatic carboxylic acids is 1. The normalized spacial score (nSPS) is 14.0. The highest BCUT2D eigenvalue weighted by atomic mass is 32.1. The molecule has 1 aliphatic rings. The molecule has 4 rings (SSSR count). The molecule has 0 atom stereocenters. The Bertz CT molecular complexity index is 1330. The van der Waals surface area contributed by atoms with E-state index in [1.165, 1.54) is 11.3 Å². The number of benzene rings is 2. The molecule has 0 spiro atoms. The lowest BCUT2D eigenvalue weighted by Gasteiger charge is -2.25. The van der Waals surface area contributed by atoms with Crippen LogP contribution in [0.1, 0.15) is 29.0 Å². The molecule has 12 heteroatoms. The molecular weight excluding hydrogens is 532 g/mol. The van der Waals surface area contributed by atoms with Gasteiger partial charge in [-0.3, -0.25) is 9.59 Å². The molecule has 0 saturated carbocycles. The van der Waals surface area contributed by atoms with Crippen molar-refractivity contribution in [3.05, 3.63) is 52.0 Å². The summed E-state index contributed by atoms with van der Waals surface area (Å²) in [5, 5.41) is 21.9. The summed E-state index contributed by atoms with van der Waals surface area (Å²) in [7, 11) is 3.47. The molecule has 0 aliphatic heterocycles. The fourth-order valence-corrected chi connectivity index (χ4v) is 5.80. The van der Waals surface area contributed by atoms with Crippen molar-refractivity contribution in [2.75, 3.05) is 40.5 Å². The second-order valence-corrected chi connectivity index (χ2v) is 10.8. The number of halogens is 2. The van der Waals surface area contributed by atoms with Crippen molar-refractivity contribution < 1.29 is 38.1 Å². The minimum Gasteiger partial charge on any atom is -0.493 e. The van der Waals surface area contributed by atoms with Gasteiger partial charge in [-0.25, -0.2) is 13.8 Å². The van der Waals surface area contributed by atoms with Crippen molar-refractivity contribution in [1.82, 2.24) is 15.2 Å². The standard InChI is InChI=1S/C27H31F2N3O6S/c1-32(5-6-33)4-3-7-38-22-10-20-23(11-21(22)37-2)39-24(31-20)15-30-26(36)27(14-25(34)35)12-16-8-18(28)19(29)9-17(16)13-27/h8-11,33H,3-7,12-15H2,1-2H3,(H,30,36)(H,34,35). The molecule has 0 radical (unpaired) electrons. The van der Waals surface area contributed by atoms with E-state index in [0.717, 1.165) is 29.8 Å². The second-order valence-electron chi connectivity index (χ2n) is 9.73. The van der Waals surface area contributed by atoms with Crippen molar-refractivity contribution >= 4 is 33.4 Å². The molecule has 0 saturated heterocycles. The van der Waals surface area contributed by atoms with Crippen LogP contribution >= 0.6 is 11.3 Å². The molecule has 3 N–H and O–H groups in total. The van der Waals surface area contributed by atoms with Gasteiger partial charge >= 0.3 is 5.97 Å². The first kappa shape index (κ1) is 28.7. The van der Waals surface area contributed by atoms with Crippen LogP contribution in [-0.4, -0.2) is 72.4 Å². The highest BCUT2D eigenvalue weighted by Gasteiger charge is 2.46. The molecule has 1 aromatic heterocycles. The van der Waals surface area contributed by atoms with Gasteiger partial charge in [0.15, 0.2) is 23.1 Å². The number of rotatable bonds is 13. The maximum atomic E-state index is 13.8. The third kappa shape index (κ3) is 6.63. The number of nitrogens with zero attached hydrogens (tertiary/aromatic N) is 2. The maximum Gasteiger partial charge on any atom is 0.304 e. The first-order chi connectivity index (χ1) is 18.6. The number of fused-ring (bicyclic) bond motifs is 2. The summed E-state index contributed by atoms with van der Waals surface area (Å²) in [6.45, 7) is 1.97. The summed E-state index contributed by atoms with van der Waals surface area (Å²) >= 11 is 1.35. The number of likely N-dealkylation sites (N-methyl/N-ethyl adjacent to an activating group) is 1. The average Bonchev–Trinajstić information content (AvgIpc) is 3.44. The van der Waals surface area contributed by atoms with Crippen LogP contribution in [-0.2, 0) is 29.0 Å². The van der Waals surface area contributed by atoms with E-state index in [9.17, 15) is 23.5 Å². The van der Waals surface area contributed by atoms with Crippen LogP contribution in [0.2, 0.25) is 0 Å². The topological polar surface area (TPSA) is 121 Å². The zero-order chi connectivity index (χ0) is 28.2. The van der Waals surface area contributed by atoms with Crippen molar-refractivity contribution in [3.8, 4) is 11.5 Å². The Balaban J connectivity index is 1.44. The van der Waals surface area contributed by atoms with Crippen molar-refractivity contribution in [1.29, 1.82) is 0 Å². The van der Waals surface area contributed by atoms with E-state index in [-0.39, 0.29) is 26.0 Å². The predicted molar refractivity (Wildman–Crippen MR) is 141 cm³/mol. The highest BCUT2D eigenvalue weighted by Crippen LogP contribution is 2.41. The van der Waals surface area contributed by atoms with Gasteiger partial charge in [-0.2, -0.15) is 0 Å². The number of carboxylic acid groups (broad SMARTS) is 1. The zero-order valence-electron chi connectivity index (χ0n) is 21.8. The van der Waals surface area contributed by atoms with Crippen LogP contribution in [0.25, 0.3) is 10.2 Å². The van der Waals surface area contributed by atoms with Gasteiger partial charge in [0.25, 0.3) is 0 Å². The minimum atomic E-state index is -1.35. The Hall–Kier alpha value is -3.35. The molecule has 0 unspecified atom stereocenters. The molecule has 39 heavy (non-hydrogen) atoms. The number of ether oxygens (including phenoxy) is 2. The first-order valence-corrected chi connectivity index (χ1v) is 13.3. The molecule has 1 heterocycles. The van der Waals surface area contributed by atoms with E-state index in [1.54, 1.807) is 13.2 Å². The number of hydrogen-bond donors (Lipinski definition) is 3. The number of methoxy groups -OCH3 is 1. The maximum absolute atomic E-state index is 13.8. The van der Waals surface area contributed by atoms with Gasteiger partial charge in [-0.1, -0.05) is 0 Å². The Morgan fingerprint density at radius 2 is 1.82 bits per heavy atom. The number of aliphatic hydroxyl groups is 1. The molecule has 210 valence electrons. The summed E-state index contributed by atoms with van der Waals surface area (Å²) in [6.07, 6.45) is 0.300. The highest BCUT2D eigenvalue weighted by molar-refractivity contribution is 7.18. The molecule has 0 fully saturated rings. The van der Waals surface area contributed by atoms with Crippen LogP contribution in [0.3, 0.4) is 0 Å². The monoisotopic (exact) mass is 563 g/mol. The number of hydrogen-bond acceptors (Lipinski definition) is 8. The Labute approximate surface area is 228 Å². The number of carbonyl (C=O) groups is 2. The van der Waals surface area contributed by atoms with Crippen molar-refractivity contribution in [2.45, 2.75) is 32.2 Å². The van der Waals surface area contributed by atoms with Crippen LogP contribution < -0.4 is 14.8 Å². The number of amides is 1. The largest absolute Gasteiger partial charge is 0.493 e. The summed E-state index contributed by atoms with van der Waals surface area (Å²) < 4.78 is 39.7. The lowest BCUT2D eigenvalue weighted by Crippen LogP contribution is -2.43. The molecule has 9 nitrogen and oxygen atoms in total.